The number of rotatable bonds is 3. The molecule has 0 spiro atoms. The molecule has 0 aromatic heterocycles. The van der Waals surface area contributed by atoms with Crippen molar-refractivity contribution in [2.45, 2.75) is 63.6 Å². The van der Waals surface area contributed by atoms with Gasteiger partial charge in [0.05, 0.1) is 6.61 Å². The van der Waals surface area contributed by atoms with E-state index >= 15 is 0 Å². The van der Waals surface area contributed by atoms with E-state index in [1.807, 2.05) is 6.92 Å². The van der Waals surface area contributed by atoms with E-state index in [0.29, 0.717) is 25.7 Å². The van der Waals surface area contributed by atoms with E-state index in [0.717, 1.165) is 25.8 Å². The van der Waals surface area contributed by atoms with Crippen LogP contribution in [0.3, 0.4) is 0 Å². The Morgan fingerprint density at radius 3 is 2.54 bits per heavy atom. The molecule has 3 saturated heterocycles. The van der Waals surface area contributed by atoms with Gasteiger partial charge in [-0.3, -0.25) is 4.90 Å². The van der Waals surface area contributed by atoms with Gasteiger partial charge in [0.25, 0.3) is 0 Å². The summed E-state index contributed by atoms with van der Waals surface area (Å²) in [6.45, 7) is 5.78. The first kappa shape index (κ1) is 17.3. The molecule has 0 radical (unpaired) electrons. The fraction of sp³-hybridized carbons (Fsp3) is 0.882. The summed E-state index contributed by atoms with van der Waals surface area (Å²) in [5, 5.41) is 6.27. The van der Waals surface area contributed by atoms with Crippen molar-refractivity contribution in [3.8, 4) is 0 Å². The van der Waals surface area contributed by atoms with Gasteiger partial charge >= 0.3 is 12.1 Å². The standard InChI is InChI=1S/C17H30N4O3/c1-2-24-17(23)21-10-6-13(7-11-21)18-16(22)19-14-8-12-20-9-4-3-5-15(14)20/h13-15H,2-12H2,1H3,(H2,18,19,22). The van der Waals surface area contributed by atoms with Crippen molar-refractivity contribution in [3.63, 3.8) is 0 Å². The molecule has 2 unspecified atom stereocenters. The molecule has 0 aromatic rings. The van der Waals surface area contributed by atoms with Gasteiger partial charge in [0.15, 0.2) is 0 Å². The highest BCUT2D eigenvalue weighted by atomic mass is 16.6. The highest BCUT2D eigenvalue weighted by Gasteiger charge is 2.36. The molecule has 3 aliphatic heterocycles. The maximum Gasteiger partial charge on any atom is 0.409 e. The zero-order valence-electron chi connectivity index (χ0n) is 14.6. The fourth-order valence-electron chi connectivity index (χ4n) is 4.23. The van der Waals surface area contributed by atoms with Crippen LogP contribution in [0.2, 0.25) is 0 Å². The van der Waals surface area contributed by atoms with Gasteiger partial charge in [0.1, 0.15) is 0 Å². The van der Waals surface area contributed by atoms with Crippen LogP contribution in [0.15, 0.2) is 0 Å². The average molecular weight is 338 g/mol. The van der Waals surface area contributed by atoms with Crippen molar-refractivity contribution in [3.05, 3.63) is 0 Å². The van der Waals surface area contributed by atoms with Gasteiger partial charge in [0, 0.05) is 37.8 Å². The first-order valence-electron chi connectivity index (χ1n) is 9.40. The minimum atomic E-state index is -0.247. The highest BCUT2D eigenvalue weighted by molar-refractivity contribution is 5.75. The first-order valence-corrected chi connectivity index (χ1v) is 9.40. The van der Waals surface area contributed by atoms with Crippen molar-refractivity contribution >= 4 is 12.1 Å². The van der Waals surface area contributed by atoms with Gasteiger partial charge in [0.2, 0.25) is 0 Å². The average Bonchev–Trinajstić information content (AvgIpc) is 2.99. The smallest absolute Gasteiger partial charge is 0.409 e. The van der Waals surface area contributed by atoms with E-state index in [9.17, 15) is 9.59 Å². The zero-order chi connectivity index (χ0) is 16.9. The number of likely N-dealkylation sites (tertiary alicyclic amines) is 1. The van der Waals surface area contributed by atoms with Crippen LogP contribution in [0.25, 0.3) is 0 Å². The maximum atomic E-state index is 12.3. The molecule has 3 fully saturated rings. The molecule has 0 aliphatic carbocycles. The van der Waals surface area contributed by atoms with Gasteiger partial charge in [-0.2, -0.15) is 0 Å². The number of carbonyl (C=O) groups excluding carboxylic acids is 2. The van der Waals surface area contributed by atoms with Crippen molar-refractivity contribution in [2.24, 2.45) is 0 Å². The minimum absolute atomic E-state index is 0.0537. The molecule has 0 aromatic carbocycles. The molecule has 0 bridgehead atoms. The number of amides is 3. The van der Waals surface area contributed by atoms with E-state index in [2.05, 4.69) is 15.5 Å². The number of ether oxygens (including phenoxy) is 1. The number of nitrogens with one attached hydrogen (secondary N) is 2. The summed E-state index contributed by atoms with van der Waals surface area (Å²) in [5.74, 6) is 0. The molecule has 3 aliphatic rings. The molecular weight excluding hydrogens is 308 g/mol. The maximum absolute atomic E-state index is 12.3. The van der Waals surface area contributed by atoms with Crippen molar-refractivity contribution in [2.75, 3.05) is 32.8 Å². The number of urea groups is 1. The Kier molecular flexibility index (Phi) is 5.81. The largest absolute Gasteiger partial charge is 0.450 e. The van der Waals surface area contributed by atoms with Crippen LogP contribution in [-0.4, -0.2) is 72.8 Å². The second kappa shape index (κ2) is 8.05. The number of hydrogen-bond acceptors (Lipinski definition) is 4. The second-order valence-electron chi connectivity index (χ2n) is 7.07. The second-order valence-corrected chi connectivity index (χ2v) is 7.07. The summed E-state index contributed by atoms with van der Waals surface area (Å²) in [5.41, 5.74) is 0. The Balaban J connectivity index is 1.39. The predicted octanol–water partition coefficient (Wildman–Crippen LogP) is 1.53. The summed E-state index contributed by atoms with van der Waals surface area (Å²) in [7, 11) is 0. The van der Waals surface area contributed by atoms with Crippen LogP contribution in [0.1, 0.15) is 45.4 Å². The van der Waals surface area contributed by atoms with E-state index in [4.69, 9.17) is 4.74 Å². The third kappa shape index (κ3) is 4.12. The molecule has 0 saturated carbocycles. The first-order chi connectivity index (χ1) is 11.7. The molecule has 3 heterocycles. The predicted molar refractivity (Wildman–Crippen MR) is 90.9 cm³/mol. The van der Waals surface area contributed by atoms with Crippen LogP contribution >= 0.6 is 0 Å². The molecular formula is C17H30N4O3. The summed E-state index contributed by atoms with van der Waals surface area (Å²) in [4.78, 5) is 28.2. The number of fused-ring (bicyclic) bond motifs is 1. The Hall–Kier alpha value is -1.50. The zero-order valence-corrected chi connectivity index (χ0v) is 14.6. The summed E-state index contributed by atoms with van der Waals surface area (Å²) in [6, 6.07) is 0.890. The quantitative estimate of drug-likeness (QED) is 0.818. The third-order valence-corrected chi connectivity index (χ3v) is 5.53. The molecule has 7 nitrogen and oxygen atoms in total. The van der Waals surface area contributed by atoms with Crippen molar-refractivity contribution < 1.29 is 14.3 Å². The fourth-order valence-corrected chi connectivity index (χ4v) is 4.23. The minimum Gasteiger partial charge on any atom is -0.450 e. The van der Waals surface area contributed by atoms with Crippen LogP contribution in [0.4, 0.5) is 9.59 Å². The van der Waals surface area contributed by atoms with Crippen LogP contribution in [-0.2, 0) is 4.74 Å². The highest BCUT2D eigenvalue weighted by Crippen LogP contribution is 2.27. The molecule has 24 heavy (non-hydrogen) atoms. The Morgan fingerprint density at radius 2 is 1.79 bits per heavy atom. The normalized spacial score (nSPS) is 28.3. The summed E-state index contributed by atoms with van der Waals surface area (Å²) in [6.07, 6.45) is 6.13. The lowest BCUT2D eigenvalue weighted by Crippen LogP contribution is -2.53. The van der Waals surface area contributed by atoms with E-state index in [-0.39, 0.29) is 24.2 Å². The lowest BCUT2D eigenvalue weighted by Gasteiger charge is -2.34. The number of hydrogen-bond donors (Lipinski definition) is 2. The van der Waals surface area contributed by atoms with E-state index in [1.165, 1.54) is 25.8 Å². The third-order valence-electron chi connectivity index (χ3n) is 5.53. The van der Waals surface area contributed by atoms with E-state index in [1.54, 1.807) is 4.90 Å². The molecule has 136 valence electrons. The van der Waals surface area contributed by atoms with Crippen molar-refractivity contribution in [1.29, 1.82) is 0 Å². The summed E-state index contributed by atoms with van der Waals surface area (Å²) < 4.78 is 5.02. The SMILES string of the molecule is CCOC(=O)N1CCC(NC(=O)NC2CCN3CCCCC23)CC1. The van der Waals surface area contributed by atoms with Crippen LogP contribution in [0.5, 0.6) is 0 Å². The monoisotopic (exact) mass is 338 g/mol. The topological polar surface area (TPSA) is 73.9 Å². The lowest BCUT2D eigenvalue weighted by molar-refractivity contribution is 0.0956. The summed E-state index contributed by atoms with van der Waals surface area (Å²) >= 11 is 0. The number of carbonyl (C=O) groups is 2. The Bertz CT molecular complexity index is 451. The van der Waals surface area contributed by atoms with Gasteiger partial charge < -0.3 is 20.3 Å². The molecule has 3 amide bonds. The molecule has 2 N–H and O–H groups in total. The van der Waals surface area contributed by atoms with E-state index < -0.39 is 0 Å². The number of nitrogens with zero attached hydrogens (tertiary/aromatic N) is 2. The van der Waals surface area contributed by atoms with Gasteiger partial charge in [-0.05, 0) is 45.6 Å². The van der Waals surface area contributed by atoms with Crippen molar-refractivity contribution in [1.82, 2.24) is 20.4 Å². The lowest BCUT2D eigenvalue weighted by atomic mass is 9.99. The number of piperidine rings is 2. The van der Waals surface area contributed by atoms with Crippen LogP contribution < -0.4 is 10.6 Å². The molecule has 7 heteroatoms. The Labute approximate surface area is 144 Å². The van der Waals surface area contributed by atoms with Gasteiger partial charge in [-0.25, -0.2) is 9.59 Å². The Morgan fingerprint density at radius 1 is 1.00 bits per heavy atom. The molecule has 2 atom stereocenters. The van der Waals surface area contributed by atoms with Gasteiger partial charge in [-0.1, -0.05) is 6.42 Å². The van der Waals surface area contributed by atoms with Crippen LogP contribution in [0, 0.1) is 0 Å². The molecule has 3 rings (SSSR count). The van der Waals surface area contributed by atoms with Gasteiger partial charge in [-0.15, -0.1) is 0 Å².